The van der Waals surface area contributed by atoms with Crippen LogP contribution in [0.5, 0.6) is 10.9 Å². The first kappa shape index (κ1) is 14.0. The highest BCUT2D eigenvalue weighted by Crippen LogP contribution is 2.27. The summed E-state index contributed by atoms with van der Waals surface area (Å²) in [6.45, 7) is 7.12. The van der Waals surface area contributed by atoms with E-state index >= 15 is 0 Å². The first-order valence-corrected chi connectivity index (χ1v) is 7.02. The van der Waals surface area contributed by atoms with Crippen LogP contribution >= 0.6 is 11.5 Å². The lowest BCUT2D eigenvalue weighted by Gasteiger charge is -2.12. The lowest BCUT2D eigenvalue weighted by Crippen LogP contribution is -2.12. The van der Waals surface area contributed by atoms with Gasteiger partial charge >= 0.3 is 0 Å². The van der Waals surface area contributed by atoms with Crippen LogP contribution in [-0.4, -0.2) is 16.4 Å². The average Bonchev–Trinajstić information content (AvgIpc) is 2.80. The van der Waals surface area contributed by atoms with Crippen LogP contribution in [-0.2, 0) is 12.0 Å². The molecule has 2 rings (SSSR count). The van der Waals surface area contributed by atoms with E-state index in [9.17, 15) is 0 Å². The van der Waals surface area contributed by atoms with Crippen LogP contribution in [0.1, 0.15) is 32.2 Å². The summed E-state index contributed by atoms with van der Waals surface area (Å²) in [7, 11) is 1.93. The lowest BCUT2D eigenvalue weighted by molar-refractivity contribution is 0.468. The second-order valence-corrected chi connectivity index (χ2v) is 6.12. The summed E-state index contributed by atoms with van der Waals surface area (Å²) in [5.41, 5.74) is 1.18. The number of ether oxygens (including phenoxy) is 1. The van der Waals surface area contributed by atoms with Crippen molar-refractivity contribution in [2.75, 3.05) is 7.05 Å². The first-order valence-electron chi connectivity index (χ1n) is 6.24. The zero-order chi connectivity index (χ0) is 13.9. The molecule has 0 atom stereocenters. The molecule has 0 radical (unpaired) electrons. The number of aromatic nitrogens is 2. The molecule has 0 bridgehead atoms. The van der Waals surface area contributed by atoms with E-state index in [-0.39, 0.29) is 5.41 Å². The van der Waals surface area contributed by atoms with Gasteiger partial charge in [0.05, 0.1) is 0 Å². The van der Waals surface area contributed by atoms with Crippen LogP contribution in [0.3, 0.4) is 0 Å². The van der Waals surface area contributed by atoms with E-state index in [0.29, 0.717) is 5.19 Å². The highest BCUT2D eigenvalue weighted by molar-refractivity contribution is 7.07. The van der Waals surface area contributed by atoms with Crippen LogP contribution in [0.2, 0.25) is 0 Å². The molecule has 5 heteroatoms. The molecule has 1 aromatic heterocycles. The van der Waals surface area contributed by atoms with Gasteiger partial charge in [0.25, 0.3) is 5.19 Å². The average molecular weight is 277 g/mol. The Morgan fingerprint density at radius 1 is 1.21 bits per heavy atom. The van der Waals surface area contributed by atoms with E-state index in [1.54, 1.807) is 0 Å². The fourth-order valence-electron chi connectivity index (χ4n) is 1.54. The molecule has 0 spiro atoms. The summed E-state index contributed by atoms with van der Waals surface area (Å²) in [6, 6.07) is 7.98. The third kappa shape index (κ3) is 3.75. The van der Waals surface area contributed by atoms with Gasteiger partial charge in [-0.3, -0.25) is 0 Å². The Bertz CT molecular complexity index is 528. The van der Waals surface area contributed by atoms with Crippen LogP contribution in [0, 0.1) is 0 Å². The number of hydrogen-bond acceptors (Lipinski definition) is 5. The van der Waals surface area contributed by atoms with E-state index in [1.165, 1.54) is 17.1 Å². The van der Waals surface area contributed by atoms with Gasteiger partial charge in [-0.05, 0) is 24.7 Å². The van der Waals surface area contributed by atoms with Gasteiger partial charge in [0.2, 0.25) is 0 Å². The Morgan fingerprint density at radius 2 is 1.89 bits per heavy atom. The van der Waals surface area contributed by atoms with Crippen molar-refractivity contribution in [3.05, 3.63) is 35.7 Å². The molecule has 0 aliphatic heterocycles. The predicted molar refractivity (Wildman–Crippen MR) is 77.9 cm³/mol. The van der Waals surface area contributed by atoms with Gasteiger partial charge in [0.1, 0.15) is 5.75 Å². The Labute approximate surface area is 118 Å². The molecule has 0 aliphatic rings. The normalized spacial score (nSPS) is 11.6. The lowest BCUT2D eigenvalue weighted by atomic mass is 9.96. The number of nitrogens with zero attached hydrogens (tertiary/aromatic N) is 2. The van der Waals surface area contributed by atoms with Gasteiger partial charge in [-0.15, -0.1) is 0 Å². The van der Waals surface area contributed by atoms with E-state index in [4.69, 9.17) is 4.74 Å². The van der Waals surface area contributed by atoms with Crippen molar-refractivity contribution >= 4 is 11.5 Å². The zero-order valence-electron chi connectivity index (χ0n) is 11.7. The molecule has 0 fully saturated rings. The molecule has 1 heterocycles. The SMILES string of the molecule is CNCc1ccc(Oc2nc(C(C)(C)C)ns2)cc1. The van der Waals surface area contributed by atoms with Gasteiger partial charge in [-0.1, -0.05) is 32.9 Å². The van der Waals surface area contributed by atoms with E-state index in [0.717, 1.165) is 18.1 Å². The van der Waals surface area contributed by atoms with Gasteiger partial charge in [0.15, 0.2) is 5.82 Å². The monoisotopic (exact) mass is 277 g/mol. The fraction of sp³-hybridized carbons (Fsp3) is 0.429. The van der Waals surface area contributed by atoms with Crippen LogP contribution in [0.4, 0.5) is 0 Å². The largest absolute Gasteiger partial charge is 0.430 e. The molecule has 0 amide bonds. The zero-order valence-corrected chi connectivity index (χ0v) is 12.5. The first-order chi connectivity index (χ1) is 8.99. The molecule has 0 saturated carbocycles. The minimum atomic E-state index is -0.0469. The van der Waals surface area contributed by atoms with E-state index in [2.05, 4.69) is 35.4 Å². The maximum absolute atomic E-state index is 5.71. The van der Waals surface area contributed by atoms with Crippen molar-refractivity contribution < 1.29 is 4.74 Å². The Morgan fingerprint density at radius 3 is 2.42 bits per heavy atom. The van der Waals surface area contributed by atoms with E-state index < -0.39 is 0 Å². The van der Waals surface area contributed by atoms with Crippen molar-refractivity contribution in [2.24, 2.45) is 0 Å². The minimum absolute atomic E-state index is 0.0469. The second kappa shape index (κ2) is 5.67. The summed E-state index contributed by atoms with van der Waals surface area (Å²) in [5.74, 6) is 1.61. The molecule has 1 N–H and O–H groups in total. The Kier molecular flexibility index (Phi) is 4.17. The molecule has 102 valence electrons. The Hall–Kier alpha value is -1.46. The molecule has 0 aliphatic carbocycles. The maximum atomic E-state index is 5.71. The van der Waals surface area contributed by atoms with Gasteiger partial charge in [-0.25, -0.2) is 0 Å². The van der Waals surface area contributed by atoms with Gasteiger partial charge in [0, 0.05) is 23.5 Å². The number of benzene rings is 1. The minimum Gasteiger partial charge on any atom is -0.430 e. The molecular weight excluding hydrogens is 258 g/mol. The van der Waals surface area contributed by atoms with Crippen LogP contribution in [0.25, 0.3) is 0 Å². The summed E-state index contributed by atoms with van der Waals surface area (Å²) in [5, 5.41) is 3.70. The molecule has 1 aromatic carbocycles. The fourth-order valence-corrected chi connectivity index (χ4v) is 2.28. The molecular formula is C14H19N3OS. The number of rotatable bonds is 4. The smallest absolute Gasteiger partial charge is 0.298 e. The molecule has 2 aromatic rings. The predicted octanol–water partition coefficient (Wildman–Crippen LogP) is 3.35. The van der Waals surface area contributed by atoms with Crippen molar-refractivity contribution in [1.29, 1.82) is 0 Å². The highest BCUT2D eigenvalue weighted by Gasteiger charge is 2.20. The molecule has 0 saturated heterocycles. The van der Waals surface area contributed by atoms with Gasteiger partial charge in [-0.2, -0.15) is 9.36 Å². The van der Waals surface area contributed by atoms with Crippen molar-refractivity contribution in [2.45, 2.75) is 32.7 Å². The topological polar surface area (TPSA) is 47.0 Å². The van der Waals surface area contributed by atoms with Crippen LogP contribution in [0.15, 0.2) is 24.3 Å². The third-order valence-electron chi connectivity index (χ3n) is 2.59. The quantitative estimate of drug-likeness (QED) is 0.931. The van der Waals surface area contributed by atoms with Crippen molar-refractivity contribution in [1.82, 2.24) is 14.7 Å². The summed E-state index contributed by atoms with van der Waals surface area (Å²) in [4.78, 5) is 4.41. The Balaban J connectivity index is 2.06. The number of hydrogen-bond donors (Lipinski definition) is 1. The number of nitrogens with one attached hydrogen (secondary N) is 1. The van der Waals surface area contributed by atoms with Crippen LogP contribution < -0.4 is 10.1 Å². The molecule has 4 nitrogen and oxygen atoms in total. The molecule has 0 unspecified atom stereocenters. The highest BCUT2D eigenvalue weighted by atomic mass is 32.1. The van der Waals surface area contributed by atoms with E-state index in [1.807, 2.05) is 31.3 Å². The van der Waals surface area contributed by atoms with Gasteiger partial charge < -0.3 is 10.1 Å². The summed E-state index contributed by atoms with van der Waals surface area (Å²) >= 11 is 1.29. The standard InChI is InChI=1S/C14H19N3OS/c1-14(2,3)12-16-13(19-17-12)18-11-7-5-10(6-8-11)9-15-4/h5-8,15H,9H2,1-4H3. The van der Waals surface area contributed by atoms with Crippen molar-refractivity contribution in [3.8, 4) is 10.9 Å². The third-order valence-corrected chi connectivity index (χ3v) is 3.18. The summed E-state index contributed by atoms with van der Waals surface area (Å²) < 4.78 is 10.0. The molecule has 19 heavy (non-hydrogen) atoms. The maximum Gasteiger partial charge on any atom is 0.298 e. The van der Waals surface area contributed by atoms with Crippen molar-refractivity contribution in [3.63, 3.8) is 0 Å². The summed E-state index contributed by atoms with van der Waals surface area (Å²) in [6.07, 6.45) is 0. The second-order valence-electron chi connectivity index (χ2n) is 5.41.